The summed E-state index contributed by atoms with van der Waals surface area (Å²) in [6, 6.07) is 0. The van der Waals surface area contributed by atoms with Crippen LogP contribution < -0.4 is 4.90 Å². The Labute approximate surface area is 138 Å². The Morgan fingerprint density at radius 1 is 1.12 bits per heavy atom. The van der Waals surface area contributed by atoms with Crippen LogP contribution in [0, 0.1) is 20.8 Å². The van der Waals surface area contributed by atoms with Crippen molar-refractivity contribution in [3.63, 3.8) is 0 Å². The average molecular weight is 339 g/mol. The molecule has 0 amide bonds. The Morgan fingerprint density at radius 3 is 2.38 bits per heavy atom. The zero-order valence-electron chi connectivity index (χ0n) is 13.9. The molecule has 0 unspecified atom stereocenters. The van der Waals surface area contributed by atoms with Gasteiger partial charge in [-0.1, -0.05) is 0 Å². The highest BCUT2D eigenvalue weighted by atomic mass is 19.4. The SMILES string of the molecule is Cc1nc(C)c(C)c(N2CCC(c3ncc(C(F)(F)F)[nH]3)CC2)n1. The first-order valence-corrected chi connectivity index (χ1v) is 7.94. The van der Waals surface area contributed by atoms with Gasteiger partial charge >= 0.3 is 6.18 Å². The fourth-order valence-corrected chi connectivity index (χ4v) is 3.11. The first kappa shape index (κ1) is 16.7. The lowest BCUT2D eigenvalue weighted by Gasteiger charge is -2.33. The molecule has 24 heavy (non-hydrogen) atoms. The van der Waals surface area contributed by atoms with Crippen molar-refractivity contribution in [2.45, 2.75) is 45.7 Å². The summed E-state index contributed by atoms with van der Waals surface area (Å²) in [5.74, 6) is 2.10. The van der Waals surface area contributed by atoms with Gasteiger partial charge in [-0.25, -0.2) is 15.0 Å². The Kier molecular flexibility index (Phi) is 4.23. The molecule has 1 N–H and O–H groups in total. The molecular formula is C16H20F3N5. The number of hydrogen-bond donors (Lipinski definition) is 1. The summed E-state index contributed by atoms with van der Waals surface area (Å²) < 4.78 is 38.0. The molecule has 2 aromatic rings. The van der Waals surface area contributed by atoms with E-state index in [1.807, 2.05) is 20.8 Å². The molecule has 1 saturated heterocycles. The lowest BCUT2D eigenvalue weighted by atomic mass is 9.96. The van der Waals surface area contributed by atoms with E-state index in [0.29, 0.717) is 5.82 Å². The minimum atomic E-state index is -4.38. The molecule has 0 spiro atoms. The van der Waals surface area contributed by atoms with Crippen LogP contribution in [0.25, 0.3) is 0 Å². The van der Waals surface area contributed by atoms with E-state index in [2.05, 4.69) is 24.8 Å². The van der Waals surface area contributed by atoms with Crippen LogP contribution in [0.15, 0.2) is 6.20 Å². The molecule has 1 fully saturated rings. The van der Waals surface area contributed by atoms with Crippen molar-refractivity contribution < 1.29 is 13.2 Å². The van der Waals surface area contributed by atoms with Crippen molar-refractivity contribution in [3.05, 3.63) is 34.8 Å². The summed E-state index contributed by atoms with van der Waals surface area (Å²) in [5.41, 5.74) is 1.23. The van der Waals surface area contributed by atoms with E-state index in [1.165, 1.54) is 0 Å². The first-order chi connectivity index (χ1) is 11.3. The van der Waals surface area contributed by atoms with Gasteiger partial charge in [-0.15, -0.1) is 0 Å². The van der Waals surface area contributed by atoms with E-state index < -0.39 is 11.9 Å². The van der Waals surface area contributed by atoms with Gasteiger partial charge < -0.3 is 9.88 Å². The van der Waals surface area contributed by atoms with Crippen molar-refractivity contribution in [1.29, 1.82) is 0 Å². The molecule has 0 aromatic carbocycles. The molecule has 0 radical (unpaired) electrons. The normalized spacial score (nSPS) is 16.7. The predicted molar refractivity (Wildman–Crippen MR) is 84.0 cm³/mol. The molecule has 8 heteroatoms. The number of piperidine rings is 1. The summed E-state index contributed by atoms with van der Waals surface area (Å²) in [7, 11) is 0. The van der Waals surface area contributed by atoms with Crippen molar-refractivity contribution in [3.8, 4) is 0 Å². The minimum absolute atomic E-state index is 0.0155. The predicted octanol–water partition coefficient (Wildman–Crippen LogP) is 3.53. The number of imidazole rings is 1. The molecule has 0 aliphatic carbocycles. The second-order valence-corrected chi connectivity index (χ2v) is 6.25. The van der Waals surface area contributed by atoms with Crippen LogP contribution in [0.5, 0.6) is 0 Å². The van der Waals surface area contributed by atoms with Crippen molar-refractivity contribution in [1.82, 2.24) is 19.9 Å². The maximum absolute atomic E-state index is 12.7. The third-order valence-corrected chi connectivity index (χ3v) is 4.56. The van der Waals surface area contributed by atoms with E-state index in [-0.39, 0.29) is 5.92 Å². The standard InChI is InChI=1S/C16H20F3N5/c1-9-10(2)21-11(3)22-15(9)24-6-4-12(5-7-24)14-20-8-13(23-14)16(17,18)19/h8,12H,4-7H2,1-3H3,(H,20,23). The fraction of sp³-hybridized carbons (Fsp3) is 0.562. The quantitative estimate of drug-likeness (QED) is 0.909. The first-order valence-electron chi connectivity index (χ1n) is 7.94. The summed E-state index contributed by atoms with van der Waals surface area (Å²) in [6.07, 6.45) is -2.01. The number of nitrogens with zero attached hydrogens (tertiary/aromatic N) is 4. The molecule has 1 aliphatic heterocycles. The second-order valence-electron chi connectivity index (χ2n) is 6.25. The third kappa shape index (κ3) is 3.22. The number of aromatic nitrogens is 4. The van der Waals surface area contributed by atoms with E-state index in [0.717, 1.165) is 55.0 Å². The summed E-state index contributed by atoms with van der Waals surface area (Å²) in [4.78, 5) is 17.4. The van der Waals surface area contributed by atoms with Crippen molar-refractivity contribution in [2.24, 2.45) is 0 Å². The number of nitrogens with one attached hydrogen (secondary N) is 1. The van der Waals surface area contributed by atoms with Gasteiger partial charge in [0.2, 0.25) is 0 Å². The van der Waals surface area contributed by atoms with Crippen molar-refractivity contribution in [2.75, 3.05) is 18.0 Å². The van der Waals surface area contributed by atoms with Gasteiger partial charge in [0, 0.05) is 30.3 Å². The van der Waals surface area contributed by atoms with E-state index in [9.17, 15) is 13.2 Å². The average Bonchev–Trinajstić information content (AvgIpc) is 3.01. The number of H-pyrrole nitrogens is 1. The zero-order valence-corrected chi connectivity index (χ0v) is 13.9. The number of rotatable bonds is 2. The highest BCUT2D eigenvalue weighted by Gasteiger charge is 2.34. The van der Waals surface area contributed by atoms with Crippen LogP contribution in [0.2, 0.25) is 0 Å². The monoisotopic (exact) mass is 339 g/mol. The molecule has 2 aromatic heterocycles. The molecule has 3 heterocycles. The van der Waals surface area contributed by atoms with Gasteiger partial charge in [-0.3, -0.25) is 0 Å². The van der Waals surface area contributed by atoms with Gasteiger partial charge in [0.1, 0.15) is 23.2 Å². The molecule has 5 nitrogen and oxygen atoms in total. The Balaban J connectivity index is 1.71. The number of anilines is 1. The van der Waals surface area contributed by atoms with E-state index in [1.54, 1.807) is 0 Å². The molecule has 3 rings (SSSR count). The Morgan fingerprint density at radius 2 is 1.79 bits per heavy atom. The minimum Gasteiger partial charge on any atom is -0.356 e. The van der Waals surface area contributed by atoms with Gasteiger partial charge in [-0.05, 0) is 33.6 Å². The van der Waals surface area contributed by atoms with Gasteiger partial charge in [0.15, 0.2) is 0 Å². The number of alkyl halides is 3. The highest BCUT2D eigenvalue weighted by molar-refractivity contribution is 5.48. The number of aryl methyl sites for hydroxylation is 2. The summed E-state index contributed by atoms with van der Waals surface area (Å²) in [6.45, 7) is 7.30. The van der Waals surface area contributed by atoms with Gasteiger partial charge in [0.05, 0.1) is 6.20 Å². The Hall–Kier alpha value is -2.12. The van der Waals surface area contributed by atoms with Crippen LogP contribution in [0.1, 0.15) is 47.4 Å². The van der Waals surface area contributed by atoms with Crippen LogP contribution in [-0.2, 0) is 6.18 Å². The fourth-order valence-electron chi connectivity index (χ4n) is 3.11. The lowest BCUT2D eigenvalue weighted by Crippen LogP contribution is -2.34. The largest absolute Gasteiger partial charge is 0.432 e. The Bertz CT molecular complexity index is 730. The van der Waals surface area contributed by atoms with Crippen LogP contribution in [0.4, 0.5) is 19.0 Å². The number of hydrogen-bond acceptors (Lipinski definition) is 4. The molecule has 0 bridgehead atoms. The highest BCUT2D eigenvalue weighted by Crippen LogP contribution is 2.33. The molecule has 1 aliphatic rings. The topological polar surface area (TPSA) is 57.7 Å². The van der Waals surface area contributed by atoms with Crippen LogP contribution in [-0.4, -0.2) is 33.0 Å². The zero-order chi connectivity index (χ0) is 17.5. The number of aromatic amines is 1. The van der Waals surface area contributed by atoms with Crippen LogP contribution >= 0.6 is 0 Å². The summed E-state index contributed by atoms with van der Waals surface area (Å²) in [5, 5.41) is 0. The summed E-state index contributed by atoms with van der Waals surface area (Å²) >= 11 is 0. The van der Waals surface area contributed by atoms with Gasteiger partial charge in [-0.2, -0.15) is 13.2 Å². The van der Waals surface area contributed by atoms with Crippen LogP contribution in [0.3, 0.4) is 0 Å². The van der Waals surface area contributed by atoms with E-state index in [4.69, 9.17) is 0 Å². The smallest absolute Gasteiger partial charge is 0.356 e. The lowest BCUT2D eigenvalue weighted by molar-refractivity contribution is -0.141. The van der Waals surface area contributed by atoms with Crippen molar-refractivity contribution >= 4 is 5.82 Å². The molecule has 0 atom stereocenters. The van der Waals surface area contributed by atoms with Gasteiger partial charge in [0.25, 0.3) is 0 Å². The third-order valence-electron chi connectivity index (χ3n) is 4.56. The maximum atomic E-state index is 12.7. The maximum Gasteiger partial charge on any atom is 0.432 e. The van der Waals surface area contributed by atoms with E-state index >= 15 is 0 Å². The second kappa shape index (κ2) is 6.07. The molecule has 0 saturated carbocycles. The molecule has 130 valence electrons. The number of halogens is 3. The molecular weight excluding hydrogens is 319 g/mol.